The molecule has 0 bridgehead atoms. The average molecular weight is 267 g/mol. The Balaban J connectivity index is 2.78. The van der Waals surface area contributed by atoms with E-state index in [4.69, 9.17) is 5.73 Å². The number of likely N-dealkylation sites (N-methyl/N-ethyl adjacent to an activating group) is 2. The van der Waals surface area contributed by atoms with Crippen LogP contribution >= 0.6 is 0 Å². The van der Waals surface area contributed by atoms with Crippen molar-refractivity contribution in [3.63, 3.8) is 0 Å². The van der Waals surface area contributed by atoms with E-state index in [1.54, 1.807) is 14.0 Å². The molecule has 1 heterocycles. The van der Waals surface area contributed by atoms with Crippen molar-refractivity contribution in [2.45, 2.75) is 50.5 Å². The van der Waals surface area contributed by atoms with Gasteiger partial charge in [-0.2, -0.15) is 13.2 Å². The molecule has 3 atom stereocenters. The Labute approximate surface area is 107 Å². The number of hydrogen-bond acceptors (Lipinski definition) is 3. The van der Waals surface area contributed by atoms with Gasteiger partial charge >= 0.3 is 6.18 Å². The van der Waals surface area contributed by atoms with Crippen molar-refractivity contribution in [1.82, 2.24) is 9.80 Å². The second-order valence-electron chi connectivity index (χ2n) is 5.28. The van der Waals surface area contributed by atoms with Gasteiger partial charge in [-0.3, -0.25) is 4.90 Å². The molecule has 1 fully saturated rings. The third-order valence-electron chi connectivity index (χ3n) is 3.83. The summed E-state index contributed by atoms with van der Waals surface area (Å²) < 4.78 is 39.4. The van der Waals surface area contributed by atoms with Gasteiger partial charge in [0.05, 0.1) is 0 Å². The van der Waals surface area contributed by atoms with Crippen LogP contribution in [0.25, 0.3) is 0 Å². The van der Waals surface area contributed by atoms with Crippen molar-refractivity contribution in [3.05, 3.63) is 0 Å². The maximum Gasteiger partial charge on any atom is 0.405 e. The number of halogens is 3. The first-order valence-electron chi connectivity index (χ1n) is 6.50. The number of rotatable bonds is 4. The Hall–Kier alpha value is -0.330. The predicted octanol–water partition coefficient (Wildman–Crippen LogP) is 1.68. The summed E-state index contributed by atoms with van der Waals surface area (Å²) in [4.78, 5) is 3.51. The van der Waals surface area contributed by atoms with E-state index in [-0.39, 0.29) is 6.04 Å². The second-order valence-corrected chi connectivity index (χ2v) is 5.28. The van der Waals surface area contributed by atoms with Crippen LogP contribution in [0.4, 0.5) is 13.2 Å². The smallest absolute Gasteiger partial charge is 0.326 e. The van der Waals surface area contributed by atoms with Crippen LogP contribution in [0.5, 0.6) is 0 Å². The average Bonchev–Trinajstić information content (AvgIpc) is 2.27. The molecule has 0 amide bonds. The van der Waals surface area contributed by atoms with Gasteiger partial charge in [0.2, 0.25) is 0 Å². The molecule has 1 rings (SSSR count). The Morgan fingerprint density at radius 1 is 1.44 bits per heavy atom. The lowest BCUT2D eigenvalue weighted by molar-refractivity contribution is -0.193. The molecule has 0 aliphatic carbocycles. The molecule has 6 heteroatoms. The number of likely N-dealkylation sites (tertiary alicyclic amines) is 1. The predicted molar refractivity (Wildman–Crippen MR) is 66.4 cm³/mol. The molecule has 0 radical (unpaired) electrons. The number of hydrogen-bond donors (Lipinski definition) is 1. The minimum atomic E-state index is -4.26. The van der Waals surface area contributed by atoms with Crippen LogP contribution in [0, 0.1) is 0 Å². The number of alkyl halides is 3. The van der Waals surface area contributed by atoms with Crippen molar-refractivity contribution in [2.75, 3.05) is 27.2 Å². The quantitative estimate of drug-likeness (QED) is 0.841. The molecule has 0 spiro atoms. The monoisotopic (exact) mass is 267 g/mol. The Morgan fingerprint density at radius 3 is 2.50 bits per heavy atom. The van der Waals surface area contributed by atoms with Gasteiger partial charge < -0.3 is 10.6 Å². The van der Waals surface area contributed by atoms with Crippen molar-refractivity contribution in [1.29, 1.82) is 0 Å². The highest BCUT2D eigenvalue weighted by atomic mass is 19.4. The maximum absolute atomic E-state index is 13.1. The largest absolute Gasteiger partial charge is 0.405 e. The summed E-state index contributed by atoms with van der Waals surface area (Å²) >= 11 is 0. The molecule has 0 aromatic heterocycles. The van der Waals surface area contributed by atoms with Gasteiger partial charge in [0.25, 0.3) is 0 Å². The number of piperidine rings is 1. The van der Waals surface area contributed by atoms with Crippen LogP contribution in [0.15, 0.2) is 0 Å². The maximum atomic E-state index is 13.1. The van der Waals surface area contributed by atoms with Crippen molar-refractivity contribution in [2.24, 2.45) is 5.73 Å². The molecule has 1 saturated heterocycles. The normalized spacial score (nSPS) is 26.3. The first-order valence-corrected chi connectivity index (χ1v) is 6.50. The molecule has 1 aliphatic heterocycles. The van der Waals surface area contributed by atoms with Gasteiger partial charge in [0.1, 0.15) is 6.04 Å². The lowest BCUT2D eigenvalue weighted by Crippen LogP contribution is -2.60. The fraction of sp³-hybridized carbons (Fsp3) is 1.00. The minimum absolute atomic E-state index is 0.0621. The van der Waals surface area contributed by atoms with Gasteiger partial charge in [-0.15, -0.1) is 0 Å². The van der Waals surface area contributed by atoms with E-state index in [2.05, 4.69) is 4.90 Å². The summed E-state index contributed by atoms with van der Waals surface area (Å²) in [5.41, 5.74) is 5.67. The fourth-order valence-electron chi connectivity index (χ4n) is 2.70. The molecule has 0 saturated carbocycles. The van der Waals surface area contributed by atoms with Gasteiger partial charge in [0.15, 0.2) is 0 Å². The highest BCUT2D eigenvalue weighted by Crippen LogP contribution is 2.30. The third kappa shape index (κ3) is 3.83. The third-order valence-corrected chi connectivity index (χ3v) is 3.83. The van der Waals surface area contributed by atoms with E-state index in [1.807, 2.05) is 7.05 Å². The molecule has 0 aromatic carbocycles. The Morgan fingerprint density at radius 2 is 2.06 bits per heavy atom. The lowest BCUT2D eigenvalue weighted by Gasteiger charge is -2.42. The van der Waals surface area contributed by atoms with E-state index in [0.717, 1.165) is 19.4 Å². The van der Waals surface area contributed by atoms with E-state index >= 15 is 0 Å². The highest BCUT2D eigenvalue weighted by Gasteiger charge is 2.47. The molecule has 3 unspecified atom stereocenters. The Kier molecular flexibility index (Phi) is 5.43. The molecule has 0 aromatic rings. The van der Waals surface area contributed by atoms with Crippen molar-refractivity contribution >= 4 is 0 Å². The zero-order valence-corrected chi connectivity index (χ0v) is 11.4. The molecular formula is C12H24F3N3. The zero-order valence-electron chi connectivity index (χ0n) is 11.4. The highest BCUT2D eigenvalue weighted by molar-refractivity contribution is 4.91. The van der Waals surface area contributed by atoms with Gasteiger partial charge in [-0.05, 0) is 39.9 Å². The molecule has 2 N–H and O–H groups in total. The zero-order chi connectivity index (χ0) is 13.9. The van der Waals surface area contributed by atoms with E-state index < -0.39 is 18.3 Å². The SMILES string of the molecule is CCC(N)C(N(C)C1CCCN(C)C1)C(F)(F)F. The summed E-state index contributed by atoms with van der Waals surface area (Å²) in [7, 11) is 3.50. The first kappa shape index (κ1) is 15.7. The van der Waals surface area contributed by atoms with Crippen LogP contribution in [-0.2, 0) is 0 Å². The van der Waals surface area contributed by atoms with E-state index in [9.17, 15) is 13.2 Å². The summed E-state index contributed by atoms with van der Waals surface area (Å²) in [6, 6.07) is -2.46. The van der Waals surface area contributed by atoms with Crippen LogP contribution in [0.2, 0.25) is 0 Å². The molecular weight excluding hydrogens is 243 g/mol. The molecule has 3 nitrogen and oxygen atoms in total. The van der Waals surface area contributed by atoms with Crippen LogP contribution in [0.3, 0.4) is 0 Å². The summed E-state index contributed by atoms with van der Waals surface area (Å²) in [5, 5.41) is 0. The number of nitrogens with zero attached hydrogens (tertiary/aromatic N) is 2. The van der Waals surface area contributed by atoms with Crippen LogP contribution < -0.4 is 5.73 Å². The topological polar surface area (TPSA) is 32.5 Å². The summed E-state index contributed by atoms with van der Waals surface area (Å²) in [6.07, 6.45) is -2.18. The van der Waals surface area contributed by atoms with Gasteiger partial charge in [-0.25, -0.2) is 0 Å². The summed E-state index contributed by atoms with van der Waals surface area (Å²) in [5.74, 6) is 0. The van der Waals surface area contributed by atoms with Gasteiger partial charge in [0, 0.05) is 18.6 Å². The van der Waals surface area contributed by atoms with Crippen LogP contribution in [0.1, 0.15) is 26.2 Å². The lowest BCUT2D eigenvalue weighted by atomic mass is 9.98. The molecule has 1 aliphatic rings. The molecule has 18 heavy (non-hydrogen) atoms. The molecule has 108 valence electrons. The van der Waals surface area contributed by atoms with E-state index in [1.165, 1.54) is 4.90 Å². The Bertz CT molecular complexity index is 257. The van der Waals surface area contributed by atoms with Crippen molar-refractivity contribution in [3.8, 4) is 0 Å². The van der Waals surface area contributed by atoms with Crippen molar-refractivity contribution < 1.29 is 13.2 Å². The van der Waals surface area contributed by atoms with Crippen LogP contribution in [-0.4, -0.2) is 61.3 Å². The minimum Gasteiger partial charge on any atom is -0.326 e. The second kappa shape index (κ2) is 6.21. The van der Waals surface area contributed by atoms with E-state index in [0.29, 0.717) is 13.0 Å². The number of nitrogens with two attached hydrogens (primary N) is 1. The van der Waals surface area contributed by atoms with Gasteiger partial charge in [-0.1, -0.05) is 6.92 Å². The summed E-state index contributed by atoms with van der Waals surface area (Å²) in [6.45, 7) is 3.34. The standard InChI is InChI=1S/C12H24F3N3/c1-4-10(16)11(12(13,14)15)18(3)9-6-5-7-17(2)8-9/h9-11H,4-8,16H2,1-3H3. The first-order chi connectivity index (χ1) is 8.27. The fourth-order valence-corrected chi connectivity index (χ4v) is 2.70.